The number of hydrogen-bond donors (Lipinski definition) is 0. The fraction of sp³-hybridized carbons (Fsp3) is 0.556. The Morgan fingerprint density at radius 3 is 2.36 bits per heavy atom. The molecule has 0 N–H and O–H groups in total. The molecule has 80 valence electrons. The number of aliphatic imine (C=N–C) groups is 2. The highest BCUT2D eigenvalue weighted by Gasteiger charge is 2.34. The van der Waals surface area contributed by atoms with E-state index in [0.29, 0.717) is 12.3 Å². The van der Waals surface area contributed by atoms with Gasteiger partial charge in [-0.2, -0.15) is 13.2 Å². The SMILES string of the molecule is C=NC(=N/C=C/CC(C)C)C(F)(F)F. The maximum atomic E-state index is 12.0. The molecule has 5 heteroatoms. The molecule has 0 aliphatic rings. The lowest BCUT2D eigenvalue weighted by Crippen LogP contribution is -2.20. The zero-order valence-electron chi connectivity index (χ0n) is 8.17. The number of nitrogens with zero attached hydrogens (tertiary/aromatic N) is 2. The van der Waals surface area contributed by atoms with Crippen LogP contribution in [0.5, 0.6) is 0 Å². The van der Waals surface area contributed by atoms with Gasteiger partial charge in [0.25, 0.3) is 0 Å². The topological polar surface area (TPSA) is 24.7 Å². The van der Waals surface area contributed by atoms with E-state index in [0.717, 1.165) is 6.20 Å². The molecule has 0 spiro atoms. The average Bonchev–Trinajstić information content (AvgIpc) is 2.01. The van der Waals surface area contributed by atoms with E-state index in [2.05, 4.69) is 16.7 Å². The molecular weight excluding hydrogens is 193 g/mol. The predicted octanol–water partition coefficient (Wildman–Crippen LogP) is 3.21. The van der Waals surface area contributed by atoms with Crippen LogP contribution >= 0.6 is 0 Å². The van der Waals surface area contributed by atoms with Crippen LogP contribution in [0.3, 0.4) is 0 Å². The Morgan fingerprint density at radius 1 is 1.43 bits per heavy atom. The number of hydrogen-bond acceptors (Lipinski definition) is 1. The largest absolute Gasteiger partial charge is 0.451 e. The molecule has 0 saturated heterocycles. The van der Waals surface area contributed by atoms with Crippen LogP contribution in [0.1, 0.15) is 20.3 Å². The normalized spacial score (nSPS) is 14.0. The van der Waals surface area contributed by atoms with Crippen molar-refractivity contribution in [2.75, 3.05) is 0 Å². The smallest absolute Gasteiger partial charge is 0.241 e. The zero-order valence-corrected chi connectivity index (χ0v) is 8.17. The van der Waals surface area contributed by atoms with Crippen molar-refractivity contribution in [2.24, 2.45) is 15.9 Å². The van der Waals surface area contributed by atoms with Gasteiger partial charge in [-0.05, 0) is 19.1 Å². The van der Waals surface area contributed by atoms with Crippen LogP contribution in [-0.4, -0.2) is 18.7 Å². The van der Waals surface area contributed by atoms with Gasteiger partial charge in [0, 0.05) is 6.20 Å². The molecule has 14 heavy (non-hydrogen) atoms. The minimum atomic E-state index is -4.52. The maximum absolute atomic E-state index is 12.0. The number of allylic oxidation sites excluding steroid dienone is 1. The molecule has 0 aromatic heterocycles. The summed E-state index contributed by atoms with van der Waals surface area (Å²) in [7, 11) is 0. The first kappa shape index (κ1) is 12.9. The van der Waals surface area contributed by atoms with Gasteiger partial charge in [-0.15, -0.1) is 0 Å². The molecule has 0 aliphatic heterocycles. The summed E-state index contributed by atoms with van der Waals surface area (Å²) in [5.41, 5.74) is 0. The van der Waals surface area contributed by atoms with Crippen LogP contribution in [-0.2, 0) is 0 Å². The van der Waals surface area contributed by atoms with Crippen LogP contribution in [0.4, 0.5) is 13.2 Å². The lowest BCUT2D eigenvalue weighted by atomic mass is 10.1. The molecular formula is C9H13F3N2. The first-order chi connectivity index (χ1) is 6.38. The Morgan fingerprint density at radius 2 is 2.00 bits per heavy atom. The first-order valence-corrected chi connectivity index (χ1v) is 4.14. The van der Waals surface area contributed by atoms with Crippen molar-refractivity contribution in [3.63, 3.8) is 0 Å². The highest BCUT2D eigenvalue weighted by atomic mass is 19.4. The Balaban J connectivity index is 4.33. The summed E-state index contributed by atoms with van der Waals surface area (Å²) in [4.78, 5) is 5.97. The Labute approximate surface area is 81.3 Å². The molecule has 0 atom stereocenters. The highest BCUT2D eigenvalue weighted by molar-refractivity contribution is 5.91. The molecule has 0 bridgehead atoms. The lowest BCUT2D eigenvalue weighted by Gasteiger charge is -2.02. The van der Waals surface area contributed by atoms with Crippen LogP contribution in [0.2, 0.25) is 0 Å². The molecule has 0 aliphatic carbocycles. The molecule has 0 radical (unpaired) electrons. The molecule has 0 unspecified atom stereocenters. The third kappa shape index (κ3) is 5.50. The number of alkyl halides is 3. The van der Waals surface area contributed by atoms with E-state index in [1.165, 1.54) is 0 Å². The van der Waals surface area contributed by atoms with Gasteiger partial charge in [0.2, 0.25) is 5.84 Å². The summed E-state index contributed by atoms with van der Waals surface area (Å²) < 4.78 is 36.0. The fourth-order valence-corrected chi connectivity index (χ4v) is 0.660. The van der Waals surface area contributed by atoms with Crippen molar-refractivity contribution in [3.05, 3.63) is 12.3 Å². The summed E-state index contributed by atoms with van der Waals surface area (Å²) in [5.74, 6) is -0.815. The molecule has 0 heterocycles. The fourth-order valence-electron chi connectivity index (χ4n) is 0.660. The van der Waals surface area contributed by atoms with Crippen molar-refractivity contribution in [1.82, 2.24) is 0 Å². The number of amidine groups is 1. The van der Waals surface area contributed by atoms with Gasteiger partial charge in [-0.25, -0.2) is 9.98 Å². The van der Waals surface area contributed by atoms with Crippen molar-refractivity contribution in [2.45, 2.75) is 26.4 Å². The van der Waals surface area contributed by atoms with E-state index in [1.807, 2.05) is 13.8 Å². The number of rotatable bonds is 3. The molecule has 2 nitrogen and oxygen atoms in total. The van der Waals surface area contributed by atoms with Crippen LogP contribution < -0.4 is 0 Å². The number of halogens is 3. The summed E-state index contributed by atoms with van der Waals surface area (Å²) in [5, 5.41) is 0. The van der Waals surface area contributed by atoms with Crippen LogP contribution in [0.15, 0.2) is 22.3 Å². The van der Waals surface area contributed by atoms with E-state index in [9.17, 15) is 13.2 Å². The van der Waals surface area contributed by atoms with Gasteiger partial charge < -0.3 is 0 Å². The standard InChI is InChI=1S/C9H13F3N2/c1-7(2)5-4-6-14-8(13-3)9(10,11)12/h4,6-7H,3,5H2,1-2H3/b6-4+,14-8?. The molecule has 0 aromatic rings. The minimum Gasteiger partial charge on any atom is -0.241 e. The lowest BCUT2D eigenvalue weighted by molar-refractivity contribution is -0.0596. The Hall–Kier alpha value is -1.13. The second-order valence-corrected chi connectivity index (χ2v) is 3.12. The van der Waals surface area contributed by atoms with Crippen molar-refractivity contribution in [1.29, 1.82) is 0 Å². The Kier molecular flexibility index (Phi) is 5.12. The van der Waals surface area contributed by atoms with E-state index >= 15 is 0 Å². The minimum absolute atomic E-state index is 0.396. The first-order valence-electron chi connectivity index (χ1n) is 4.14. The van der Waals surface area contributed by atoms with Gasteiger partial charge in [0.05, 0.1) is 0 Å². The van der Waals surface area contributed by atoms with Crippen molar-refractivity contribution in [3.8, 4) is 0 Å². The van der Waals surface area contributed by atoms with Crippen LogP contribution in [0, 0.1) is 5.92 Å². The maximum Gasteiger partial charge on any atom is 0.451 e. The molecule has 0 aromatic carbocycles. The monoisotopic (exact) mass is 206 g/mol. The summed E-state index contributed by atoms with van der Waals surface area (Å²) in [6, 6.07) is 0. The van der Waals surface area contributed by atoms with Gasteiger partial charge in [0.1, 0.15) is 0 Å². The summed E-state index contributed by atoms with van der Waals surface area (Å²) in [6.45, 7) is 6.73. The zero-order chi connectivity index (χ0) is 11.2. The second-order valence-electron chi connectivity index (χ2n) is 3.12. The van der Waals surface area contributed by atoms with Gasteiger partial charge in [0.15, 0.2) is 0 Å². The summed E-state index contributed by atoms with van der Waals surface area (Å²) in [6.07, 6.45) is -1.16. The average molecular weight is 206 g/mol. The van der Waals surface area contributed by atoms with E-state index in [1.54, 1.807) is 6.08 Å². The molecule has 0 saturated carbocycles. The summed E-state index contributed by atoms with van der Waals surface area (Å²) >= 11 is 0. The third-order valence-electron chi connectivity index (χ3n) is 1.31. The van der Waals surface area contributed by atoms with Gasteiger partial charge in [-0.1, -0.05) is 19.9 Å². The molecule has 0 fully saturated rings. The molecule has 0 rings (SSSR count). The van der Waals surface area contributed by atoms with Crippen molar-refractivity contribution >= 4 is 12.6 Å². The van der Waals surface area contributed by atoms with Crippen LogP contribution in [0.25, 0.3) is 0 Å². The van der Waals surface area contributed by atoms with Gasteiger partial charge in [-0.3, -0.25) is 0 Å². The quantitative estimate of drug-likeness (QED) is 0.500. The van der Waals surface area contributed by atoms with Crippen molar-refractivity contribution < 1.29 is 13.2 Å². The highest BCUT2D eigenvalue weighted by Crippen LogP contribution is 2.17. The van der Waals surface area contributed by atoms with E-state index in [4.69, 9.17) is 0 Å². The third-order valence-corrected chi connectivity index (χ3v) is 1.31. The van der Waals surface area contributed by atoms with E-state index in [-0.39, 0.29) is 0 Å². The molecule has 0 amide bonds. The Bertz CT molecular complexity index is 239. The predicted molar refractivity (Wildman–Crippen MR) is 51.6 cm³/mol. The van der Waals surface area contributed by atoms with E-state index < -0.39 is 12.0 Å². The second kappa shape index (κ2) is 5.57. The van der Waals surface area contributed by atoms with Gasteiger partial charge >= 0.3 is 6.18 Å².